The van der Waals surface area contributed by atoms with Crippen LogP contribution in [0.15, 0.2) is 0 Å². The molecule has 0 saturated heterocycles. The molecule has 0 radical (unpaired) electrons. The molecule has 0 amide bonds. The van der Waals surface area contributed by atoms with Gasteiger partial charge in [0.05, 0.1) is 12.4 Å². The van der Waals surface area contributed by atoms with Crippen LogP contribution in [0.5, 0.6) is 0 Å². The molecule has 0 aromatic rings. The number of hydrogen-bond donors (Lipinski definition) is 2. The van der Waals surface area contributed by atoms with E-state index in [1.165, 1.54) is 0 Å². The van der Waals surface area contributed by atoms with Crippen molar-refractivity contribution in [1.29, 1.82) is 0 Å². The van der Waals surface area contributed by atoms with Crippen LogP contribution in [0, 0.1) is 7.43 Å². The Labute approximate surface area is 91.7 Å². The van der Waals surface area contributed by atoms with E-state index in [1.54, 1.807) is 0 Å². The standard InChI is InChI=1S/C3H8O6S2.CH3.Li/c4-1-2-11(8,9)3(5)10(6)7;;/h3-5H,1-2H2,(H,6,7);1H3;/q;-1;+1/p-1. The maximum atomic E-state index is 10.6. The molecule has 76 valence electrons. The number of aliphatic hydroxyl groups is 2. The Hall–Kier alpha value is 0.577. The normalized spacial score (nSPS) is 15.0. The minimum absolute atomic E-state index is 0. The van der Waals surface area contributed by atoms with Crippen molar-refractivity contribution < 1.29 is 46.3 Å². The van der Waals surface area contributed by atoms with E-state index in [0.29, 0.717) is 0 Å². The molecule has 0 bridgehead atoms. The van der Waals surface area contributed by atoms with Gasteiger partial charge in [-0.25, -0.2) is 8.42 Å². The van der Waals surface area contributed by atoms with Crippen LogP contribution in [0.4, 0.5) is 0 Å². The summed E-state index contributed by atoms with van der Waals surface area (Å²) in [6.45, 7) is -0.712. The van der Waals surface area contributed by atoms with Crippen LogP contribution in [0.1, 0.15) is 0 Å². The quantitative estimate of drug-likeness (QED) is 0.281. The molecule has 0 spiro atoms. The Bertz CT molecular complexity index is 237. The van der Waals surface area contributed by atoms with Crippen LogP contribution in [0.2, 0.25) is 0 Å². The molecule has 0 aromatic heterocycles. The molecule has 6 nitrogen and oxygen atoms in total. The Morgan fingerprint density at radius 2 is 1.85 bits per heavy atom. The van der Waals surface area contributed by atoms with Crippen molar-refractivity contribution in [1.82, 2.24) is 0 Å². The van der Waals surface area contributed by atoms with Gasteiger partial charge in [0.25, 0.3) is 0 Å². The first kappa shape index (κ1) is 19.2. The topological polar surface area (TPSA) is 115 Å². The summed E-state index contributed by atoms with van der Waals surface area (Å²) in [4.78, 5) is 0. The molecule has 0 aromatic carbocycles. The third-order valence-electron chi connectivity index (χ3n) is 0.848. The molecule has 2 atom stereocenters. The molecule has 2 N–H and O–H groups in total. The molecule has 0 aliphatic rings. The number of hydrogen-bond acceptors (Lipinski definition) is 6. The van der Waals surface area contributed by atoms with Crippen molar-refractivity contribution >= 4 is 20.9 Å². The Kier molecular flexibility index (Phi) is 11.7. The van der Waals surface area contributed by atoms with Crippen LogP contribution >= 0.6 is 0 Å². The average molecular weight is 225 g/mol. The largest absolute Gasteiger partial charge is 1.00 e. The van der Waals surface area contributed by atoms with Crippen LogP contribution in [-0.4, -0.2) is 44.5 Å². The van der Waals surface area contributed by atoms with E-state index in [-0.39, 0.29) is 26.3 Å². The van der Waals surface area contributed by atoms with Gasteiger partial charge in [-0.3, -0.25) is 4.21 Å². The van der Waals surface area contributed by atoms with E-state index < -0.39 is 38.0 Å². The van der Waals surface area contributed by atoms with Crippen LogP contribution in [-0.2, 0) is 20.9 Å². The molecule has 13 heavy (non-hydrogen) atoms. The van der Waals surface area contributed by atoms with Crippen molar-refractivity contribution in [2.75, 3.05) is 12.4 Å². The number of aliphatic hydroxyl groups excluding tert-OH is 2. The fourth-order valence-corrected chi connectivity index (χ4v) is 2.05. The van der Waals surface area contributed by atoms with Gasteiger partial charge < -0.3 is 22.2 Å². The van der Waals surface area contributed by atoms with E-state index in [2.05, 4.69) is 0 Å². The van der Waals surface area contributed by atoms with Crippen molar-refractivity contribution in [3.8, 4) is 0 Å². The summed E-state index contributed by atoms with van der Waals surface area (Å²) in [6.07, 6.45) is 0. The summed E-state index contributed by atoms with van der Waals surface area (Å²) in [7, 11) is -4.12. The molecule has 0 saturated carbocycles. The number of rotatable bonds is 4. The zero-order chi connectivity index (χ0) is 9.07. The second-order valence-corrected chi connectivity index (χ2v) is 5.10. The van der Waals surface area contributed by atoms with Crippen molar-refractivity contribution in [3.63, 3.8) is 0 Å². The van der Waals surface area contributed by atoms with Gasteiger partial charge in [0.1, 0.15) is 0 Å². The summed E-state index contributed by atoms with van der Waals surface area (Å²) in [5.41, 5.74) is 0. The van der Waals surface area contributed by atoms with Crippen LogP contribution < -0.4 is 18.9 Å². The van der Waals surface area contributed by atoms with Gasteiger partial charge in [0, 0.05) is 0 Å². The van der Waals surface area contributed by atoms with E-state index >= 15 is 0 Å². The van der Waals surface area contributed by atoms with Crippen LogP contribution in [0.3, 0.4) is 0 Å². The van der Waals surface area contributed by atoms with Gasteiger partial charge in [-0.2, -0.15) is 0 Å². The molecule has 0 fully saturated rings. The third-order valence-corrected chi connectivity index (χ3v) is 3.89. The predicted octanol–water partition coefficient (Wildman–Crippen LogP) is -5.00. The summed E-state index contributed by atoms with van der Waals surface area (Å²) >= 11 is -3.07. The van der Waals surface area contributed by atoms with E-state index in [4.69, 9.17) is 10.2 Å². The smallest absolute Gasteiger partial charge is 0.770 e. The Morgan fingerprint density at radius 3 is 2.08 bits per heavy atom. The summed E-state index contributed by atoms with van der Waals surface area (Å²) < 4.78 is 38.5. The van der Waals surface area contributed by atoms with E-state index in [9.17, 15) is 17.2 Å². The van der Waals surface area contributed by atoms with Crippen molar-refractivity contribution in [2.24, 2.45) is 0 Å². The maximum absolute atomic E-state index is 10.6. The molecular weight excluding hydrogens is 215 g/mol. The summed E-state index contributed by atoms with van der Waals surface area (Å²) in [5.74, 6) is -0.762. The summed E-state index contributed by atoms with van der Waals surface area (Å²) in [6, 6.07) is 0. The van der Waals surface area contributed by atoms with Gasteiger partial charge in [0.15, 0.2) is 9.84 Å². The van der Waals surface area contributed by atoms with Crippen molar-refractivity contribution in [3.05, 3.63) is 7.43 Å². The molecule has 2 unspecified atom stereocenters. The van der Waals surface area contributed by atoms with Crippen molar-refractivity contribution in [2.45, 2.75) is 4.77 Å². The first-order valence-corrected chi connectivity index (χ1v) is 5.35. The molecular formula is C4H10LiO6S2-. The Morgan fingerprint density at radius 1 is 1.46 bits per heavy atom. The van der Waals surface area contributed by atoms with Gasteiger partial charge in [-0.1, -0.05) is 0 Å². The minimum atomic E-state index is -4.12. The second kappa shape index (κ2) is 7.93. The zero-order valence-electron chi connectivity index (χ0n) is 7.34. The fourth-order valence-electron chi connectivity index (χ4n) is 0.348. The summed E-state index contributed by atoms with van der Waals surface area (Å²) in [5, 5.41) is 16.6. The first-order valence-electron chi connectivity index (χ1n) is 2.50. The fraction of sp³-hybridized carbons (Fsp3) is 0.750. The maximum Gasteiger partial charge on any atom is 1.00 e. The van der Waals surface area contributed by atoms with Gasteiger partial charge >= 0.3 is 18.9 Å². The second-order valence-electron chi connectivity index (χ2n) is 1.66. The first-order chi connectivity index (χ1) is 4.91. The number of sulfone groups is 1. The van der Waals surface area contributed by atoms with Gasteiger partial charge in [-0.05, 0) is 11.1 Å². The molecule has 0 aliphatic carbocycles. The monoisotopic (exact) mass is 225 g/mol. The molecule has 0 rings (SSSR count). The molecule has 0 aliphatic heterocycles. The third kappa shape index (κ3) is 6.62. The van der Waals surface area contributed by atoms with Gasteiger partial charge in [-0.15, -0.1) is 0 Å². The predicted molar refractivity (Wildman–Crippen MR) is 42.2 cm³/mol. The van der Waals surface area contributed by atoms with E-state index in [0.717, 1.165) is 0 Å². The van der Waals surface area contributed by atoms with E-state index in [1.807, 2.05) is 0 Å². The molecule has 0 heterocycles. The zero-order valence-corrected chi connectivity index (χ0v) is 8.97. The van der Waals surface area contributed by atoms with Gasteiger partial charge in [0.2, 0.25) is 4.77 Å². The SMILES string of the molecule is O=S([O-])C(O)S(=O)(=O)CCO.[CH3-].[Li+]. The minimum Gasteiger partial charge on any atom is -0.770 e. The van der Waals surface area contributed by atoms with Crippen LogP contribution in [0.25, 0.3) is 0 Å². The average Bonchev–Trinajstić information content (AvgIpc) is 1.86. The Balaban J connectivity index is -0.000000500. The molecule has 9 heteroatoms.